The molecular formula is C16H32N2S. The van der Waals surface area contributed by atoms with Crippen LogP contribution >= 0.6 is 12.2 Å². The summed E-state index contributed by atoms with van der Waals surface area (Å²) in [6.07, 6.45) is 12.0. The average molecular weight is 285 g/mol. The maximum absolute atomic E-state index is 5.84. The number of likely N-dealkylation sites (tertiary alicyclic amines) is 1. The van der Waals surface area contributed by atoms with Gasteiger partial charge in [0.2, 0.25) is 0 Å². The zero-order valence-corrected chi connectivity index (χ0v) is 13.7. The average Bonchev–Trinajstić information content (AvgIpc) is 2.40. The normalized spacial score (nSPS) is 19.5. The third-order valence-corrected chi connectivity index (χ3v) is 5.13. The Labute approximate surface area is 125 Å². The van der Waals surface area contributed by atoms with E-state index in [1.807, 2.05) is 0 Å². The number of piperidine rings is 1. The summed E-state index contributed by atoms with van der Waals surface area (Å²) in [6.45, 7) is 8.10. The Balaban J connectivity index is 2.02. The highest BCUT2D eigenvalue weighted by Gasteiger charge is 2.32. The van der Waals surface area contributed by atoms with Crippen LogP contribution in [0.5, 0.6) is 0 Å². The lowest BCUT2D eigenvalue weighted by Gasteiger charge is -2.38. The standard InChI is InChI=1S/C16H32N2S/c1-3-4-5-6-7-8-9-12-18-13-10-16(2,11-14-18)15(17)19/h3-14H2,1-2H3,(H2,17,19). The molecule has 1 fully saturated rings. The van der Waals surface area contributed by atoms with Crippen LogP contribution in [-0.2, 0) is 0 Å². The van der Waals surface area contributed by atoms with E-state index in [9.17, 15) is 0 Å². The smallest absolute Gasteiger partial charge is 0.0788 e. The number of hydrogen-bond donors (Lipinski definition) is 1. The van der Waals surface area contributed by atoms with Crippen LogP contribution in [0.3, 0.4) is 0 Å². The Hall–Kier alpha value is -0.150. The Morgan fingerprint density at radius 3 is 2.11 bits per heavy atom. The molecule has 1 rings (SSSR count). The fraction of sp³-hybridized carbons (Fsp3) is 0.938. The number of hydrogen-bond acceptors (Lipinski definition) is 2. The predicted molar refractivity (Wildman–Crippen MR) is 88.6 cm³/mol. The zero-order valence-electron chi connectivity index (χ0n) is 12.9. The van der Waals surface area contributed by atoms with Gasteiger partial charge in [-0.2, -0.15) is 0 Å². The number of nitrogens with zero attached hydrogens (tertiary/aromatic N) is 1. The van der Waals surface area contributed by atoms with E-state index in [2.05, 4.69) is 18.7 Å². The third-order valence-electron chi connectivity index (χ3n) is 4.63. The largest absolute Gasteiger partial charge is 0.393 e. The molecule has 0 bridgehead atoms. The first-order valence-electron chi connectivity index (χ1n) is 8.11. The molecule has 0 spiro atoms. The maximum Gasteiger partial charge on any atom is 0.0788 e. The summed E-state index contributed by atoms with van der Waals surface area (Å²) in [6, 6.07) is 0. The highest BCUT2D eigenvalue weighted by atomic mass is 32.1. The summed E-state index contributed by atoms with van der Waals surface area (Å²) in [5.74, 6) is 0. The van der Waals surface area contributed by atoms with Gasteiger partial charge in [0, 0.05) is 5.41 Å². The van der Waals surface area contributed by atoms with Gasteiger partial charge in [-0.05, 0) is 38.9 Å². The van der Waals surface area contributed by atoms with E-state index in [4.69, 9.17) is 18.0 Å². The summed E-state index contributed by atoms with van der Waals surface area (Å²) in [4.78, 5) is 3.30. The molecule has 0 aromatic carbocycles. The van der Waals surface area contributed by atoms with Crippen LogP contribution in [0.1, 0.15) is 71.6 Å². The minimum atomic E-state index is 0.117. The first-order valence-corrected chi connectivity index (χ1v) is 8.51. The maximum atomic E-state index is 5.84. The summed E-state index contributed by atoms with van der Waals surface area (Å²) >= 11 is 5.18. The minimum Gasteiger partial charge on any atom is -0.393 e. The quantitative estimate of drug-likeness (QED) is 0.510. The van der Waals surface area contributed by atoms with Gasteiger partial charge in [0.15, 0.2) is 0 Å². The van der Waals surface area contributed by atoms with E-state index < -0.39 is 0 Å². The van der Waals surface area contributed by atoms with Gasteiger partial charge in [0.05, 0.1) is 4.99 Å². The molecule has 2 N–H and O–H groups in total. The van der Waals surface area contributed by atoms with Crippen molar-refractivity contribution < 1.29 is 0 Å². The second-order valence-corrected chi connectivity index (χ2v) is 6.83. The molecule has 0 radical (unpaired) electrons. The fourth-order valence-corrected chi connectivity index (χ4v) is 3.01. The van der Waals surface area contributed by atoms with E-state index in [0.29, 0.717) is 4.99 Å². The second kappa shape index (κ2) is 8.91. The summed E-state index contributed by atoms with van der Waals surface area (Å²) in [5.41, 5.74) is 5.96. The van der Waals surface area contributed by atoms with Crippen LogP contribution in [-0.4, -0.2) is 29.5 Å². The van der Waals surface area contributed by atoms with Crippen molar-refractivity contribution in [2.24, 2.45) is 11.1 Å². The predicted octanol–water partition coefficient (Wildman–Crippen LogP) is 4.13. The molecule has 1 aliphatic rings. The second-order valence-electron chi connectivity index (χ2n) is 6.39. The highest BCUT2D eigenvalue weighted by Crippen LogP contribution is 2.31. The van der Waals surface area contributed by atoms with Crippen LogP contribution in [0.15, 0.2) is 0 Å². The van der Waals surface area contributed by atoms with Crippen molar-refractivity contribution in [3.05, 3.63) is 0 Å². The topological polar surface area (TPSA) is 29.3 Å². The Bertz CT molecular complexity index is 257. The van der Waals surface area contributed by atoms with Gasteiger partial charge in [-0.1, -0.05) is 64.6 Å². The van der Waals surface area contributed by atoms with E-state index in [1.165, 1.54) is 64.6 Å². The molecule has 0 aliphatic carbocycles. The van der Waals surface area contributed by atoms with Crippen molar-refractivity contribution in [3.63, 3.8) is 0 Å². The van der Waals surface area contributed by atoms with Gasteiger partial charge in [-0.3, -0.25) is 0 Å². The molecule has 19 heavy (non-hydrogen) atoms. The molecule has 0 atom stereocenters. The number of unbranched alkanes of at least 4 members (excludes halogenated alkanes) is 6. The van der Waals surface area contributed by atoms with Crippen LogP contribution in [0.4, 0.5) is 0 Å². The van der Waals surface area contributed by atoms with Crippen LogP contribution in [0, 0.1) is 5.41 Å². The summed E-state index contributed by atoms with van der Waals surface area (Å²) in [5, 5.41) is 0. The van der Waals surface area contributed by atoms with Crippen molar-refractivity contribution in [1.82, 2.24) is 4.90 Å². The van der Waals surface area contributed by atoms with Gasteiger partial charge in [0.25, 0.3) is 0 Å². The molecule has 1 heterocycles. The summed E-state index contributed by atoms with van der Waals surface area (Å²) < 4.78 is 0. The van der Waals surface area contributed by atoms with E-state index in [-0.39, 0.29) is 5.41 Å². The molecular weight excluding hydrogens is 252 g/mol. The molecule has 0 saturated carbocycles. The SMILES string of the molecule is CCCCCCCCCN1CCC(C)(C(N)=S)CC1. The lowest BCUT2D eigenvalue weighted by Crippen LogP contribution is -2.44. The van der Waals surface area contributed by atoms with Gasteiger partial charge in [-0.15, -0.1) is 0 Å². The van der Waals surface area contributed by atoms with Gasteiger partial charge in [-0.25, -0.2) is 0 Å². The molecule has 0 aromatic heterocycles. The molecule has 3 heteroatoms. The molecule has 0 amide bonds. The van der Waals surface area contributed by atoms with Crippen molar-refractivity contribution in [2.75, 3.05) is 19.6 Å². The fourth-order valence-electron chi connectivity index (χ4n) is 2.81. The Morgan fingerprint density at radius 2 is 1.58 bits per heavy atom. The molecule has 1 saturated heterocycles. The van der Waals surface area contributed by atoms with Gasteiger partial charge >= 0.3 is 0 Å². The molecule has 2 nitrogen and oxygen atoms in total. The number of rotatable bonds is 9. The number of nitrogens with two attached hydrogens (primary N) is 1. The van der Waals surface area contributed by atoms with Crippen molar-refractivity contribution in [2.45, 2.75) is 71.6 Å². The first kappa shape index (κ1) is 16.9. The van der Waals surface area contributed by atoms with Crippen molar-refractivity contribution in [3.8, 4) is 0 Å². The van der Waals surface area contributed by atoms with Crippen LogP contribution < -0.4 is 5.73 Å². The molecule has 0 unspecified atom stereocenters. The van der Waals surface area contributed by atoms with Gasteiger partial charge in [0.1, 0.15) is 0 Å². The van der Waals surface area contributed by atoms with E-state index >= 15 is 0 Å². The molecule has 0 aromatic rings. The van der Waals surface area contributed by atoms with Crippen molar-refractivity contribution in [1.29, 1.82) is 0 Å². The minimum absolute atomic E-state index is 0.117. The monoisotopic (exact) mass is 284 g/mol. The number of thiocarbonyl (C=S) groups is 1. The summed E-state index contributed by atoms with van der Waals surface area (Å²) in [7, 11) is 0. The van der Waals surface area contributed by atoms with Gasteiger partial charge < -0.3 is 10.6 Å². The molecule has 112 valence electrons. The zero-order chi connectivity index (χ0) is 14.1. The third kappa shape index (κ3) is 6.22. The van der Waals surface area contributed by atoms with E-state index in [0.717, 1.165) is 12.8 Å². The lowest BCUT2D eigenvalue weighted by molar-refractivity contribution is 0.162. The van der Waals surface area contributed by atoms with Crippen LogP contribution in [0.25, 0.3) is 0 Å². The Kier molecular flexibility index (Phi) is 7.93. The lowest BCUT2D eigenvalue weighted by atomic mass is 9.80. The van der Waals surface area contributed by atoms with Crippen molar-refractivity contribution >= 4 is 17.2 Å². The Morgan fingerprint density at radius 1 is 1.05 bits per heavy atom. The molecule has 1 aliphatic heterocycles. The first-order chi connectivity index (χ1) is 9.08. The highest BCUT2D eigenvalue weighted by molar-refractivity contribution is 7.80. The van der Waals surface area contributed by atoms with Crippen LogP contribution in [0.2, 0.25) is 0 Å². The van der Waals surface area contributed by atoms with E-state index in [1.54, 1.807) is 0 Å².